The Hall–Kier alpha value is -2.34. The van der Waals surface area contributed by atoms with Crippen LogP contribution in [0.25, 0.3) is 0 Å². The zero-order chi connectivity index (χ0) is 16.7. The van der Waals surface area contributed by atoms with Gasteiger partial charge in [0.15, 0.2) is 6.04 Å². The summed E-state index contributed by atoms with van der Waals surface area (Å²) in [6, 6.07) is 15.4. The molecule has 0 bridgehead atoms. The van der Waals surface area contributed by atoms with E-state index in [4.69, 9.17) is 9.47 Å². The van der Waals surface area contributed by atoms with Crippen LogP contribution >= 0.6 is 15.9 Å². The van der Waals surface area contributed by atoms with Crippen molar-refractivity contribution < 1.29 is 19.1 Å². The third-order valence-electron chi connectivity index (χ3n) is 3.12. The van der Waals surface area contributed by atoms with Gasteiger partial charge in [0.2, 0.25) is 0 Å². The van der Waals surface area contributed by atoms with Crippen LogP contribution in [-0.4, -0.2) is 19.2 Å². The van der Waals surface area contributed by atoms with E-state index in [2.05, 4.69) is 21.2 Å². The van der Waals surface area contributed by atoms with Gasteiger partial charge in [-0.25, -0.2) is 9.59 Å². The van der Waals surface area contributed by atoms with Gasteiger partial charge in [-0.05, 0) is 23.3 Å². The van der Waals surface area contributed by atoms with E-state index in [1.54, 1.807) is 24.3 Å². The molecule has 1 atom stereocenters. The molecule has 0 fully saturated rings. The zero-order valence-electron chi connectivity index (χ0n) is 12.5. The van der Waals surface area contributed by atoms with Crippen LogP contribution in [0.2, 0.25) is 0 Å². The lowest BCUT2D eigenvalue weighted by Gasteiger charge is -2.17. The van der Waals surface area contributed by atoms with Gasteiger partial charge in [0.25, 0.3) is 0 Å². The highest BCUT2D eigenvalue weighted by atomic mass is 79.9. The number of hydrogen-bond donors (Lipinski definition) is 1. The van der Waals surface area contributed by atoms with Crippen molar-refractivity contribution in [1.29, 1.82) is 0 Å². The summed E-state index contributed by atoms with van der Waals surface area (Å²) >= 11 is 3.32. The summed E-state index contributed by atoms with van der Waals surface area (Å²) in [6.45, 7) is 0.126. The predicted octanol–water partition coefficient (Wildman–Crippen LogP) is 3.59. The summed E-state index contributed by atoms with van der Waals surface area (Å²) < 4.78 is 10.7. The average Bonchev–Trinajstić information content (AvgIpc) is 2.59. The molecular weight excluding hydrogens is 362 g/mol. The van der Waals surface area contributed by atoms with Gasteiger partial charge in [0, 0.05) is 4.47 Å². The van der Waals surface area contributed by atoms with E-state index in [1.807, 2.05) is 30.3 Å². The van der Waals surface area contributed by atoms with E-state index in [1.165, 1.54) is 7.11 Å². The maximum atomic E-state index is 11.9. The van der Waals surface area contributed by atoms with Gasteiger partial charge in [-0.3, -0.25) is 0 Å². The third-order valence-corrected chi connectivity index (χ3v) is 3.64. The molecule has 120 valence electrons. The van der Waals surface area contributed by atoms with Gasteiger partial charge < -0.3 is 14.8 Å². The van der Waals surface area contributed by atoms with E-state index in [0.717, 1.165) is 10.0 Å². The van der Waals surface area contributed by atoms with Crippen molar-refractivity contribution in [2.24, 2.45) is 0 Å². The van der Waals surface area contributed by atoms with Crippen molar-refractivity contribution in [2.45, 2.75) is 12.6 Å². The number of nitrogens with one attached hydrogen (secondary N) is 1. The Bertz CT molecular complexity index is 658. The molecule has 2 rings (SSSR count). The van der Waals surface area contributed by atoms with Crippen molar-refractivity contribution >= 4 is 28.0 Å². The first-order chi connectivity index (χ1) is 11.1. The van der Waals surface area contributed by atoms with Crippen molar-refractivity contribution in [3.8, 4) is 0 Å². The van der Waals surface area contributed by atoms with E-state index in [-0.39, 0.29) is 6.61 Å². The van der Waals surface area contributed by atoms with E-state index >= 15 is 0 Å². The van der Waals surface area contributed by atoms with Crippen LogP contribution in [0, 0.1) is 0 Å². The molecule has 0 unspecified atom stereocenters. The average molecular weight is 378 g/mol. The number of hydrogen-bond acceptors (Lipinski definition) is 4. The summed E-state index contributed by atoms with van der Waals surface area (Å²) in [7, 11) is 1.27. The Balaban J connectivity index is 2.01. The fourth-order valence-corrected chi connectivity index (χ4v) is 2.20. The van der Waals surface area contributed by atoms with Crippen LogP contribution in [0.4, 0.5) is 4.79 Å². The standard InChI is InChI=1S/C17H16BrNO4/c1-22-16(20)15(13-7-9-14(18)10-8-13)19-17(21)23-11-12-5-3-2-4-6-12/h2-10,15H,11H2,1H3,(H,19,21)/t15-/m1/s1. The van der Waals surface area contributed by atoms with Gasteiger partial charge >= 0.3 is 12.1 Å². The number of rotatable bonds is 5. The SMILES string of the molecule is COC(=O)[C@H](NC(=O)OCc1ccccc1)c1ccc(Br)cc1. The second-order valence-corrected chi connectivity index (χ2v) is 5.63. The lowest BCUT2D eigenvalue weighted by atomic mass is 10.1. The Morgan fingerprint density at radius 1 is 1.09 bits per heavy atom. The smallest absolute Gasteiger partial charge is 0.408 e. The largest absolute Gasteiger partial charge is 0.467 e. The second kappa shape index (κ2) is 8.33. The molecule has 0 aliphatic carbocycles. The van der Waals surface area contributed by atoms with Crippen LogP contribution in [0.3, 0.4) is 0 Å². The monoisotopic (exact) mass is 377 g/mol. The molecule has 6 heteroatoms. The predicted molar refractivity (Wildman–Crippen MR) is 88.7 cm³/mol. The molecule has 1 N–H and O–H groups in total. The number of carbonyl (C=O) groups excluding carboxylic acids is 2. The molecule has 0 aliphatic rings. The topological polar surface area (TPSA) is 64.6 Å². The molecule has 0 saturated heterocycles. The fourth-order valence-electron chi connectivity index (χ4n) is 1.93. The first kappa shape index (κ1) is 17.0. The lowest BCUT2D eigenvalue weighted by Crippen LogP contribution is -2.34. The number of methoxy groups -OCH3 is 1. The first-order valence-corrected chi connectivity index (χ1v) is 7.70. The van der Waals surface area contributed by atoms with E-state index in [9.17, 15) is 9.59 Å². The molecule has 0 aliphatic heterocycles. The summed E-state index contributed by atoms with van der Waals surface area (Å²) in [5.41, 5.74) is 1.47. The number of esters is 1. The number of halogens is 1. The van der Waals surface area contributed by atoms with E-state index < -0.39 is 18.1 Å². The molecule has 2 aromatic rings. The number of carbonyl (C=O) groups is 2. The summed E-state index contributed by atoms with van der Waals surface area (Å²) in [6.07, 6.45) is -0.688. The van der Waals surface area contributed by atoms with Crippen LogP contribution in [0.15, 0.2) is 59.1 Å². The Kier molecular flexibility index (Phi) is 6.17. The van der Waals surface area contributed by atoms with Crippen LogP contribution in [-0.2, 0) is 20.9 Å². The number of benzene rings is 2. The van der Waals surface area contributed by atoms with Crippen molar-refractivity contribution in [3.05, 3.63) is 70.2 Å². The highest BCUT2D eigenvalue weighted by Crippen LogP contribution is 2.18. The van der Waals surface area contributed by atoms with Gasteiger partial charge in [-0.1, -0.05) is 58.4 Å². The quantitative estimate of drug-likeness (QED) is 0.808. The molecule has 0 aromatic heterocycles. The molecular formula is C17H16BrNO4. The van der Waals surface area contributed by atoms with Gasteiger partial charge in [0.05, 0.1) is 7.11 Å². The second-order valence-electron chi connectivity index (χ2n) is 4.71. The number of ether oxygens (including phenoxy) is 2. The minimum Gasteiger partial charge on any atom is -0.467 e. The molecule has 0 heterocycles. The Morgan fingerprint density at radius 3 is 2.35 bits per heavy atom. The van der Waals surface area contributed by atoms with Crippen LogP contribution in [0.1, 0.15) is 17.2 Å². The van der Waals surface area contributed by atoms with Crippen LogP contribution in [0.5, 0.6) is 0 Å². The maximum absolute atomic E-state index is 11.9. The highest BCUT2D eigenvalue weighted by Gasteiger charge is 2.24. The van der Waals surface area contributed by atoms with Crippen molar-refractivity contribution in [1.82, 2.24) is 5.32 Å². The summed E-state index contributed by atoms with van der Waals surface area (Å²) in [5, 5.41) is 2.52. The minimum atomic E-state index is -0.920. The molecule has 0 saturated carbocycles. The van der Waals surface area contributed by atoms with Gasteiger partial charge in [-0.2, -0.15) is 0 Å². The van der Waals surface area contributed by atoms with Crippen LogP contribution < -0.4 is 5.32 Å². The van der Waals surface area contributed by atoms with Gasteiger partial charge in [0.1, 0.15) is 6.61 Å². The highest BCUT2D eigenvalue weighted by molar-refractivity contribution is 9.10. The summed E-state index contributed by atoms with van der Waals surface area (Å²) in [4.78, 5) is 23.8. The Morgan fingerprint density at radius 2 is 1.74 bits per heavy atom. The third kappa shape index (κ3) is 5.10. The maximum Gasteiger partial charge on any atom is 0.408 e. The molecule has 2 aromatic carbocycles. The molecule has 0 spiro atoms. The molecule has 5 nitrogen and oxygen atoms in total. The summed E-state index contributed by atoms with van der Waals surface area (Å²) in [5.74, 6) is -0.566. The zero-order valence-corrected chi connectivity index (χ0v) is 14.1. The normalized spacial score (nSPS) is 11.4. The lowest BCUT2D eigenvalue weighted by molar-refractivity contribution is -0.143. The number of alkyl carbamates (subject to hydrolysis) is 1. The minimum absolute atomic E-state index is 0.126. The Labute approximate surface area is 142 Å². The van der Waals surface area contributed by atoms with E-state index in [0.29, 0.717) is 5.56 Å². The fraction of sp³-hybridized carbons (Fsp3) is 0.176. The molecule has 1 amide bonds. The van der Waals surface area contributed by atoms with Crippen molar-refractivity contribution in [2.75, 3.05) is 7.11 Å². The van der Waals surface area contributed by atoms with Gasteiger partial charge in [-0.15, -0.1) is 0 Å². The molecule has 0 radical (unpaired) electrons. The van der Waals surface area contributed by atoms with Crippen molar-refractivity contribution in [3.63, 3.8) is 0 Å². The molecule has 23 heavy (non-hydrogen) atoms. The number of amides is 1. The first-order valence-electron chi connectivity index (χ1n) is 6.90.